The minimum absolute atomic E-state index is 0.113. The summed E-state index contributed by atoms with van der Waals surface area (Å²) in [5.41, 5.74) is 4.81. The van der Waals surface area contributed by atoms with Crippen LogP contribution in [0.3, 0.4) is 0 Å². The maximum absolute atomic E-state index is 11.3. The van der Waals surface area contributed by atoms with Gasteiger partial charge in [0, 0.05) is 12.4 Å². The standard InChI is InChI=1S/C24H24N2O2/c27-24(28)22-12-16-26(17-13-22)23(21-10-14-25-15-11-21)20-8-6-19(7-9-20)18-4-2-1-3-5-18/h1-11,14-15,22-23H,12-13,16-17H2,(H,27,28). The molecule has 0 aliphatic carbocycles. The van der Waals surface area contributed by atoms with Crippen LogP contribution in [0, 0.1) is 5.92 Å². The zero-order valence-corrected chi connectivity index (χ0v) is 15.7. The minimum Gasteiger partial charge on any atom is -0.481 e. The molecule has 1 fully saturated rings. The van der Waals surface area contributed by atoms with Crippen molar-refractivity contribution in [1.29, 1.82) is 0 Å². The van der Waals surface area contributed by atoms with Crippen molar-refractivity contribution in [2.24, 2.45) is 5.92 Å². The van der Waals surface area contributed by atoms with Gasteiger partial charge in [-0.15, -0.1) is 0 Å². The second-order valence-corrected chi connectivity index (χ2v) is 7.32. The molecule has 142 valence electrons. The average Bonchev–Trinajstić information content (AvgIpc) is 2.76. The van der Waals surface area contributed by atoms with Crippen molar-refractivity contribution in [3.05, 3.63) is 90.3 Å². The van der Waals surface area contributed by atoms with Crippen molar-refractivity contribution in [2.45, 2.75) is 18.9 Å². The average molecular weight is 372 g/mol. The zero-order valence-electron chi connectivity index (χ0n) is 15.7. The molecule has 1 N–H and O–H groups in total. The molecule has 2 heterocycles. The zero-order chi connectivity index (χ0) is 19.3. The van der Waals surface area contributed by atoms with Crippen LogP contribution in [0.5, 0.6) is 0 Å². The van der Waals surface area contributed by atoms with Gasteiger partial charge in [0.1, 0.15) is 0 Å². The van der Waals surface area contributed by atoms with Crippen LogP contribution < -0.4 is 0 Å². The Labute approximate surface area is 165 Å². The number of nitrogens with zero attached hydrogens (tertiary/aromatic N) is 2. The van der Waals surface area contributed by atoms with E-state index in [1.165, 1.54) is 22.3 Å². The summed E-state index contributed by atoms with van der Waals surface area (Å²) in [6.45, 7) is 1.56. The lowest BCUT2D eigenvalue weighted by Gasteiger charge is -2.37. The van der Waals surface area contributed by atoms with Crippen molar-refractivity contribution in [3.63, 3.8) is 0 Å². The van der Waals surface area contributed by atoms with Crippen LogP contribution in [0.2, 0.25) is 0 Å². The van der Waals surface area contributed by atoms with Gasteiger partial charge < -0.3 is 5.11 Å². The van der Waals surface area contributed by atoms with E-state index in [1.54, 1.807) is 0 Å². The molecule has 0 saturated carbocycles. The summed E-state index contributed by atoms with van der Waals surface area (Å²) in [7, 11) is 0. The second-order valence-electron chi connectivity index (χ2n) is 7.32. The first-order valence-electron chi connectivity index (χ1n) is 9.74. The van der Waals surface area contributed by atoms with E-state index in [2.05, 4.69) is 70.5 Å². The molecule has 3 aromatic rings. The number of piperidine rings is 1. The van der Waals surface area contributed by atoms with Crippen molar-refractivity contribution in [3.8, 4) is 11.1 Å². The third kappa shape index (κ3) is 3.97. The Morgan fingerprint density at radius 2 is 1.43 bits per heavy atom. The summed E-state index contributed by atoms with van der Waals surface area (Å²) in [5.74, 6) is -0.901. The monoisotopic (exact) mass is 372 g/mol. The van der Waals surface area contributed by atoms with Crippen molar-refractivity contribution >= 4 is 5.97 Å². The molecule has 4 heteroatoms. The Bertz CT molecular complexity index is 902. The normalized spacial score (nSPS) is 16.6. The Morgan fingerprint density at radius 3 is 2.04 bits per heavy atom. The molecule has 1 atom stereocenters. The van der Waals surface area contributed by atoms with Crippen LogP contribution in [-0.2, 0) is 4.79 Å². The number of benzene rings is 2. The van der Waals surface area contributed by atoms with Gasteiger partial charge in [0.15, 0.2) is 0 Å². The van der Waals surface area contributed by atoms with Gasteiger partial charge in [0.25, 0.3) is 0 Å². The molecule has 1 aliphatic heterocycles. The van der Waals surface area contributed by atoms with Crippen LogP contribution >= 0.6 is 0 Å². The number of hydrogen-bond acceptors (Lipinski definition) is 3. The fourth-order valence-corrected chi connectivity index (χ4v) is 4.05. The van der Waals surface area contributed by atoms with Gasteiger partial charge in [0.05, 0.1) is 12.0 Å². The summed E-state index contributed by atoms with van der Waals surface area (Å²) < 4.78 is 0. The molecule has 2 aromatic carbocycles. The summed E-state index contributed by atoms with van der Waals surface area (Å²) >= 11 is 0. The lowest BCUT2D eigenvalue weighted by Crippen LogP contribution is -2.39. The van der Waals surface area contributed by atoms with Gasteiger partial charge in [-0.05, 0) is 60.3 Å². The maximum atomic E-state index is 11.3. The Morgan fingerprint density at radius 1 is 0.857 bits per heavy atom. The third-order valence-electron chi connectivity index (χ3n) is 5.60. The predicted molar refractivity (Wildman–Crippen MR) is 110 cm³/mol. The van der Waals surface area contributed by atoms with Crippen LogP contribution in [0.15, 0.2) is 79.1 Å². The van der Waals surface area contributed by atoms with E-state index < -0.39 is 5.97 Å². The molecule has 0 bridgehead atoms. The smallest absolute Gasteiger partial charge is 0.306 e. The van der Waals surface area contributed by atoms with Crippen molar-refractivity contribution in [1.82, 2.24) is 9.88 Å². The minimum atomic E-state index is -0.674. The molecule has 0 radical (unpaired) electrons. The first kappa shape index (κ1) is 18.4. The van der Waals surface area contributed by atoms with Crippen LogP contribution in [0.1, 0.15) is 30.0 Å². The van der Waals surface area contributed by atoms with Crippen molar-refractivity contribution in [2.75, 3.05) is 13.1 Å². The van der Waals surface area contributed by atoms with Gasteiger partial charge in [-0.3, -0.25) is 14.7 Å². The highest BCUT2D eigenvalue weighted by molar-refractivity contribution is 5.70. The van der Waals surface area contributed by atoms with E-state index in [9.17, 15) is 9.90 Å². The summed E-state index contributed by atoms with van der Waals surface area (Å²) in [4.78, 5) is 17.9. The molecular formula is C24H24N2O2. The number of pyridine rings is 1. The molecule has 28 heavy (non-hydrogen) atoms. The van der Waals surface area contributed by atoms with Gasteiger partial charge in [0.2, 0.25) is 0 Å². The molecule has 1 unspecified atom stereocenters. The fraction of sp³-hybridized carbons (Fsp3) is 0.250. The third-order valence-corrected chi connectivity index (χ3v) is 5.60. The predicted octanol–water partition coefficient (Wildman–Crippen LogP) is 4.63. The maximum Gasteiger partial charge on any atom is 0.306 e. The number of likely N-dealkylation sites (tertiary alicyclic amines) is 1. The highest BCUT2D eigenvalue weighted by Crippen LogP contribution is 2.33. The van der Waals surface area contributed by atoms with Crippen LogP contribution in [0.4, 0.5) is 0 Å². The quantitative estimate of drug-likeness (QED) is 0.709. The molecule has 1 saturated heterocycles. The molecular weight excluding hydrogens is 348 g/mol. The number of carboxylic acids is 1. The van der Waals surface area contributed by atoms with E-state index in [1.807, 2.05) is 18.5 Å². The number of carboxylic acid groups (broad SMARTS) is 1. The number of aliphatic carboxylic acids is 1. The highest BCUT2D eigenvalue weighted by atomic mass is 16.4. The summed E-state index contributed by atoms with van der Waals surface area (Å²) in [6, 6.07) is 23.3. The number of aromatic nitrogens is 1. The summed E-state index contributed by atoms with van der Waals surface area (Å²) in [6.07, 6.45) is 5.04. The van der Waals surface area contributed by atoms with Gasteiger partial charge in [-0.1, -0.05) is 54.6 Å². The van der Waals surface area contributed by atoms with E-state index in [4.69, 9.17) is 0 Å². The van der Waals surface area contributed by atoms with E-state index in [0.29, 0.717) is 12.8 Å². The number of rotatable bonds is 5. The first-order valence-corrected chi connectivity index (χ1v) is 9.74. The fourth-order valence-electron chi connectivity index (χ4n) is 4.05. The van der Waals surface area contributed by atoms with E-state index >= 15 is 0 Å². The highest BCUT2D eigenvalue weighted by Gasteiger charge is 2.30. The van der Waals surface area contributed by atoms with Crippen LogP contribution in [0.25, 0.3) is 11.1 Å². The molecule has 0 spiro atoms. The Kier molecular flexibility index (Phi) is 5.49. The molecule has 1 aliphatic rings. The lowest BCUT2D eigenvalue weighted by atomic mass is 9.91. The SMILES string of the molecule is O=C(O)C1CCN(C(c2ccncc2)c2ccc(-c3ccccc3)cc2)CC1. The molecule has 0 amide bonds. The Balaban J connectivity index is 1.62. The van der Waals surface area contributed by atoms with Gasteiger partial charge in [-0.2, -0.15) is 0 Å². The second kappa shape index (κ2) is 8.36. The van der Waals surface area contributed by atoms with Crippen LogP contribution in [-0.4, -0.2) is 34.0 Å². The molecule has 1 aromatic heterocycles. The van der Waals surface area contributed by atoms with Gasteiger partial charge >= 0.3 is 5.97 Å². The number of carbonyl (C=O) groups is 1. The Hall–Kier alpha value is -2.98. The lowest BCUT2D eigenvalue weighted by molar-refractivity contribution is -0.143. The largest absolute Gasteiger partial charge is 0.481 e. The van der Waals surface area contributed by atoms with Gasteiger partial charge in [-0.25, -0.2) is 0 Å². The summed E-state index contributed by atoms with van der Waals surface area (Å²) in [5, 5.41) is 9.31. The molecule has 4 rings (SSSR count). The van der Waals surface area contributed by atoms with E-state index in [-0.39, 0.29) is 12.0 Å². The first-order chi connectivity index (χ1) is 13.7. The number of hydrogen-bond donors (Lipinski definition) is 1. The topological polar surface area (TPSA) is 53.4 Å². The van der Waals surface area contributed by atoms with Crippen molar-refractivity contribution < 1.29 is 9.90 Å². The van der Waals surface area contributed by atoms with E-state index in [0.717, 1.165) is 13.1 Å². The molecule has 4 nitrogen and oxygen atoms in total.